The molecule has 126 valence electrons. The maximum Gasteiger partial charge on any atom is 0.135 e. The van der Waals surface area contributed by atoms with Crippen molar-refractivity contribution >= 4 is 10.9 Å². The fourth-order valence-corrected chi connectivity index (χ4v) is 3.04. The van der Waals surface area contributed by atoms with Gasteiger partial charge in [-0.2, -0.15) is 15.3 Å². The highest BCUT2D eigenvalue weighted by Crippen LogP contribution is 2.29. The first-order valence-corrected chi connectivity index (χ1v) is 8.60. The molecule has 4 aromatic rings. The molecule has 0 amide bonds. The van der Waals surface area contributed by atoms with Crippen LogP contribution in [-0.2, 0) is 13.5 Å². The van der Waals surface area contributed by atoms with Gasteiger partial charge in [-0.1, -0.05) is 43.2 Å². The Labute approximate surface area is 152 Å². The van der Waals surface area contributed by atoms with E-state index in [9.17, 15) is 0 Å². The molecule has 0 aliphatic rings. The highest BCUT2D eigenvalue weighted by molar-refractivity contribution is 5.90. The Balaban J connectivity index is 1.89. The normalized spacial score (nSPS) is 10.5. The molecule has 0 bridgehead atoms. The van der Waals surface area contributed by atoms with E-state index in [-0.39, 0.29) is 0 Å². The first-order valence-electron chi connectivity index (χ1n) is 8.60. The number of benzene rings is 2. The van der Waals surface area contributed by atoms with Crippen LogP contribution >= 0.6 is 0 Å². The topological polar surface area (TPSA) is 43.6 Å². The van der Waals surface area contributed by atoms with Crippen LogP contribution in [0.4, 0.5) is 0 Å². The van der Waals surface area contributed by atoms with Gasteiger partial charge in [-0.25, -0.2) is 0 Å². The summed E-state index contributed by atoms with van der Waals surface area (Å²) in [5, 5.41) is 13.8. The minimum absolute atomic E-state index is 0.742. The number of fused-ring (bicyclic) bond motifs is 1. The van der Waals surface area contributed by atoms with Crippen LogP contribution < -0.4 is 0 Å². The van der Waals surface area contributed by atoms with Crippen molar-refractivity contribution in [3.05, 3.63) is 77.7 Å². The zero-order valence-electron chi connectivity index (χ0n) is 14.8. The smallest absolute Gasteiger partial charge is 0.135 e. The second kappa shape index (κ2) is 6.81. The molecule has 0 radical (unpaired) electrons. The van der Waals surface area contributed by atoms with E-state index < -0.39 is 0 Å². The van der Waals surface area contributed by atoms with Gasteiger partial charge in [-0.3, -0.25) is 4.68 Å². The quantitative estimate of drug-likeness (QED) is 0.519. The summed E-state index contributed by atoms with van der Waals surface area (Å²) in [4.78, 5) is 0. The van der Waals surface area contributed by atoms with Gasteiger partial charge in [0.1, 0.15) is 5.69 Å². The number of aryl methyl sites for hydroxylation is 2. The lowest BCUT2D eigenvalue weighted by molar-refractivity contribution is 0.764. The van der Waals surface area contributed by atoms with Crippen LogP contribution in [0, 0.1) is 11.8 Å². The third-order valence-corrected chi connectivity index (χ3v) is 4.37. The molecule has 0 saturated heterocycles. The average molecular weight is 338 g/mol. The highest BCUT2D eigenvalue weighted by atomic mass is 15.2. The van der Waals surface area contributed by atoms with Gasteiger partial charge >= 0.3 is 0 Å². The van der Waals surface area contributed by atoms with Gasteiger partial charge in [0, 0.05) is 18.6 Å². The van der Waals surface area contributed by atoms with E-state index in [1.54, 1.807) is 10.9 Å². The summed E-state index contributed by atoms with van der Waals surface area (Å²) < 4.78 is 1.74. The Morgan fingerprint density at radius 3 is 2.62 bits per heavy atom. The molecular weight excluding hydrogens is 320 g/mol. The molecule has 4 rings (SSSR count). The van der Waals surface area contributed by atoms with Gasteiger partial charge in [0.25, 0.3) is 0 Å². The van der Waals surface area contributed by atoms with Crippen molar-refractivity contribution in [1.82, 2.24) is 20.0 Å². The fraction of sp³-hybridized carbons (Fsp3) is 0.136. The molecule has 0 fully saturated rings. The summed E-state index contributed by atoms with van der Waals surface area (Å²) >= 11 is 0. The molecule has 2 aromatic carbocycles. The molecule has 0 aliphatic carbocycles. The van der Waals surface area contributed by atoms with Crippen LogP contribution in [0.5, 0.6) is 0 Å². The SMILES string of the molecule is CCc1cc2nncc(C#Cc3ccn(C)n3)c2cc1-c1ccccc1. The van der Waals surface area contributed by atoms with Crippen LogP contribution in [0.3, 0.4) is 0 Å². The summed E-state index contributed by atoms with van der Waals surface area (Å²) in [7, 11) is 1.88. The molecular formula is C22H18N4. The Morgan fingerprint density at radius 1 is 1.04 bits per heavy atom. The van der Waals surface area contributed by atoms with Crippen LogP contribution in [0.1, 0.15) is 23.7 Å². The average Bonchev–Trinajstić information content (AvgIpc) is 3.11. The van der Waals surface area contributed by atoms with E-state index in [0.29, 0.717) is 0 Å². The number of hydrogen-bond acceptors (Lipinski definition) is 3. The zero-order valence-corrected chi connectivity index (χ0v) is 14.8. The van der Waals surface area contributed by atoms with Gasteiger partial charge < -0.3 is 0 Å². The van der Waals surface area contributed by atoms with Gasteiger partial charge in [-0.15, -0.1) is 0 Å². The monoisotopic (exact) mass is 338 g/mol. The molecule has 0 saturated carbocycles. The molecule has 0 N–H and O–H groups in total. The molecule has 2 aromatic heterocycles. The predicted octanol–water partition coefficient (Wildman–Crippen LogP) is 3.99. The van der Waals surface area contributed by atoms with Crippen molar-refractivity contribution in [1.29, 1.82) is 0 Å². The minimum Gasteiger partial charge on any atom is -0.275 e. The minimum atomic E-state index is 0.742. The van der Waals surface area contributed by atoms with E-state index in [2.05, 4.69) is 70.5 Å². The van der Waals surface area contributed by atoms with Crippen LogP contribution in [0.2, 0.25) is 0 Å². The Hall–Kier alpha value is -3.45. The first-order chi connectivity index (χ1) is 12.7. The summed E-state index contributed by atoms with van der Waals surface area (Å²) in [6.07, 6.45) is 4.54. The molecule has 2 heterocycles. The van der Waals surface area contributed by atoms with Crippen molar-refractivity contribution in [2.75, 3.05) is 0 Å². The van der Waals surface area contributed by atoms with Crippen molar-refractivity contribution in [2.24, 2.45) is 7.05 Å². The fourth-order valence-electron chi connectivity index (χ4n) is 3.04. The third kappa shape index (κ3) is 3.07. The van der Waals surface area contributed by atoms with Crippen LogP contribution in [0.15, 0.2) is 60.9 Å². The molecule has 0 spiro atoms. The highest BCUT2D eigenvalue weighted by Gasteiger charge is 2.09. The zero-order chi connectivity index (χ0) is 17.9. The third-order valence-electron chi connectivity index (χ3n) is 4.37. The van der Waals surface area contributed by atoms with Crippen LogP contribution in [-0.4, -0.2) is 20.0 Å². The number of nitrogens with zero attached hydrogens (tertiary/aromatic N) is 4. The Bertz CT molecular complexity index is 1130. The standard InChI is InChI=1S/C22H18N4/c1-3-16-13-22-21(14-20(16)17-7-5-4-6-8-17)18(15-23-24-22)9-10-19-11-12-26(2)25-19/h4-8,11-15H,3H2,1-2H3. The summed E-state index contributed by atoms with van der Waals surface area (Å²) in [6, 6.07) is 16.6. The number of rotatable bonds is 2. The second-order valence-electron chi connectivity index (χ2n) is 6.13. The van der Waals surface area contributed by atoms with E-state index in [4.69, 9.17) is 0 Å². The largest absolute Gasteiger partial charge is 0.275 e. The van der Waals surface area contributed by atoms with Gasteiger partial charge in [0.2, 0.25) is 0 Å². The van der Waals surface area contributed by atoms with E-state index in [0.717, 1.165) is 28.6 Å². The lowest BCUT2D eigenvalue weighted by Gasteiger charge is -2.10. The lowest BCUT2D eigenvalue weighted by Crippen LogP contribution is -1.94. The maximum absolute atomic E-state index is 4.31. The van der Waals surface area contributed by atoms with Crippen molar-refractivity contribution < 1.29 is 0 Å². The predicted molar refractivity (Wildman–Crippen MR) is 104 cm³/mol. The lowest BCUT2D eigenvalue weighted by atomic mass is 9.95. The maximum atomic E-state index is 4.31. The first kappa shape index (κ1) is 16.0. The second-order valence-corrected chi connectivity index (χ2v) is 6.13. The van der Waals surface area contributed by atoms with Crippen molar-refractivity contribution in [2.45, 2.75) is 13.3 Å². The van der Waals surface area contributed by atoms with Gasteiger partial charge in [0.15, 0.2) is 0 Å². The molecule has 4 heteroatoms. The van der Waals surface area contributed by atoms with E-state index >= 15 is 0 Å². The molecule has 0 atom stereocenters. The Kier molecular flexibility index (Phi) is 4.20. The number of aromatic nitrogens is 4. The van der Waals surface area contributed by atoms with Gasteiger partial charge in [-0.05, 0) is 47.2 Å². The summed E-state index contributed by atoms with van der Waals surface area (Å²) in [5.41, 5.74) is 6.15. The summed E-state index contributed by atoms with van der Waals surface area (Å²) in [5.74, 6) is 6.32. The van der Waals surface area contributed by atoms with Crippen molar-refractivity contribution in [3.8, 4) is 23.0 Å². The molecule has 26 heavy (non-hydrogen) atoms. The van der Waals surface area contributed by atoms with E-state index in [1.807, 2.05) is 25.4 Å². The van der Waals surface area contributed by atoms with E-state index in [1.165, 1.54) is 16.7 Å². The number of hydrogen-bond donors (Lipinski definition) is 0. The molecule has 4 nitrogen and oxygen atoms in total. The summed E-state index contributed by atoms with van der Waals surface area (Å²) in [6.45, 7) is 2.16. The Morgan fingerprint density at radius 2 is 1.88 bits per heavy atom. The molecule has 0 aliphatic heterocycles. The molecule has 0 unspecified atom stereocenters. The van der Waals surface area contributed by atoms with Gasteiger partial charge in [0.05, 0.1) is 17.3 Å². The van der Waals surface area contributed by atoms with Crippen molar-refractivity contribution in [3.63, 3.8) is 0 Å². The van der Waals surface area contributed by atoms with Crippen LogP contribution in [0.25, 0.3) is 22.0 Å².